The molecule has 0 atom stereocenters. The van der Waals surface area contributed by atoms with Gasteiger partial charge in [-0.2, -0.15) is 4.98 Å². The molecular weight excluding hydrogens is 320 g/mol. The Labute approximate surface area is 145 Å². The summed E-state index contributed by atoms with van der Waals surface area (Å²) >= 11 is 0. The summed E-state index contributed by atoms with van der Waals surface area (Å²) in [7, 11) is 0. The van der Waals surface area contributed by atoms with Crippen LogP contribution in [-0.4, -0.2) is 27.5 Å². The molecule has 0 saturated heterocycles. The molecule has 1 aromatic carbocycles. The third-order valence-electron chi connectivity index (χ3n) is 4.93. The van der Waals surface area contributed by atoms with Crippen LogP contribution in [0.15, 0.2) is 30.6 Å². The third-order valence-corrected chi connectivity index (χ3v) is 4.93. The number of benzene rings is 1. The van der Waals surface area contributed by atoms with Gasteiger partial charge in [0.05, 0.1) is 4.92 Å². The Morgan fingerprint density at radius 3 is 2.76 bits per heavy atom. The zero-order valence-electron chi connectivity index (χ0n) is 13.9. The Hall–Kier alpha value is -2.70. The molecule has 25 heavy (non-hydrogen) atoms. The molecule has 2 aliphatic rings. The summed E-state index contributed by atoms with van der Waals surface area (Å²) in [6.45, 7) is 0.667. The van der Waals surface area contributed by atoms with Crippen molar-refractivity contribution in [3.63, 3.8) is 0 Å². The zero-order chi connectivity index (χ0) is 17.2. The standard InChI is InChI=1S/C18H20N4O3/c23-22(24)16-17(21-11-10-13-6-4-5-9-15(13)21)19-12-20-18(16)25-14-7-2-1-3-8-14/h4-6,9,12,14H,1-3,7-8,10-11H2. The van der Waals surface area contributed by atoms with Crippen molar-refractivity contribution in [3.8, 4) is 5.88 Å². The maximum atomic E-state index is 11.8. The predicted molar refractivity (Wildman–Crippen MR) is 93.3 cm³/mol. The molecule has 1 fully saturated rings. The second-order valence-corrected chi connectivity index (χ2v) is 6.52. The van der Waals surface area contributed by atoms with Gasteiger partial charge in [0.2, 0.25) is 5.82 Å². The van der Waals surface area contributed by atoms with Crippen molar-refractivity contribution >= 4 is 17.2 Å². The number of aromatic nitrogens is 2. The van der Waals surface area contributed by atoms with Gasteiger partial charge >= 0.3 is 5.69 Å². The largest absolute Gasteiger partial charge is 0.469 e. The maximum absolute atomic E-state index is 11.8. The SMILES string of the molecule is O=[N+]([O-])c1c(OC2CCCCC2)ncnc1N1CCc2ccccc21. The lowest BCUT2D eigenvalue weighted by atomic mass is 9.98. The van der Waals surface area contributed by atoms with Crippen molar-refractivity contribution in [2.75, 3.05) is 11.4 Å². The second kappa shape index (κ2) is 6.66. The highest BCUT2D eigenvalue weighted by molar-refractivity contribution is 5.75. The fourth-order valence-corrected chi connectivity index (χ4v) is 3.70. The Morgan fingerprint density at radius 1 is 1.16 bits per heavy atom. The van der Waals surface area contributed by atoms with Crippen LogP contribution in [0.3, 0.4) is 0 Å². The first kappa shape index (κ1) is 15.8. The number of nitro groups is 1. The van der Waals surface area contributed by atoms with Gasteiger partial charge in [-0.05, 0) is 43.7 Å². The van der Waals surface area contributed by atoms with E-state index in [4.69, 9.17) is 4.74 Å². The van der Waals surface area contributed by atoms with Gasteiger partial charge in [0.1, 0.15) is 12.4 Å². The Kier molecular flexibility index (Phi) is 4.21. The van der Waals surface area contributed by atoms with Crippen LogP contribution in [0.1, 0.15) is 37.7 Å². The lowest BCUT2D eigenvalue weighted by Crippen LogP contribution is -2.22. The molecule has 0 radical (unpaired) electrons. The highest BCUT2D eigenvalue weighted by Crippen LogP contribution is 2.41. The first-order valence-corrected chi connectivity index (χ1v) is 8.75. The first-order chi connectivity index (χ1) is 12.2. The summed E-state index contributed by atoms with van der Waals surface area (Å²) in [5.74, 6) is 0.405. The number of ether oxygens (including phenoxy) is 1. The van der Waals surface area contributed by atoms with E-state index in [0.717, 1.165) is 37.8 Å². The van der Waals surface area contributed by atoms with E-state index in [9.17, 15) is 10.1 Å². The molecule has 2 heterocycles. The summed E-state index contributed by atoms with van der Waals surface area (Å²) in [5, 5.41) is 11.8. The van der Waals surface area contributed by atoms with Crippen LogP contribution >= 0.6 is 0 Å². The average molecular weight is 340 g/mol. The minimum atomic E-state index is -0.422. The molecule has 7 heteroatoms. The minimum Gasteiger partial charge on any atom is -0.469 e. The minimum absolute atomic E-state index is 0.000985. The first-order valence-electron chi connectivity index (χ1n) is 8.75. The molecule has 0 N–H and O–H groups in total. The highest BCUT2D eigenvalue weighted by atomic mass is 16.6. The zero-order valence-corrected chi connectivity index (χ0v) is 13.9. The van der Waals surface area contributed by atoms with Gasteiger partial charge in [0.25, 0.3) is 5.88 Å². The molecule has 1 aliphatic carbocycles. The van der Waals surface area contributed by atoms with Crippen molar-refractivity contribution in [2.45, 2.75) is 44.6 Å². The van der Waals surface area contributed by atoms with E-state index in [0.29, 0.717) is 12.4 Å². The molecule has 1 aromatic heterocycles. The maximum Gasteiger partial charge on any atom is 0.373 e. The van der Waals surface area contributed by atoms with E-state index >= 15 is 0 Å². The van der Waals surface area contributed by atoms with Gasteiger partial charge in [0.15, 0.2) is 0 Å². The number of rotatable bonds is 4. The number of nitrogens with zero attached hydrogens (tertiary/aromatic N) is 4. The van der Waals surface area contributed by atoms with E-state index in [-0.39, 0.29) is 17.7 Å². The smallest absolute Gasteiger partial charge is 0.373 e. The number of hydrogen-bond acceptors (Lipinski definition) is 6. The molecular formula is C18H20N4O3. The van der Waals surface area contributed by atoms with Crippen molar-refractivity contribution < 1.29 is 9.66 Å². The monoisotopic (exact) mass is 340 g/mol. The van der Waals surface area contributed by atoms with E-state index in [2.05, 4.69) is 9.97 Å². The summed E-state index contributed by atoms with van der Waals surface area (Å²) in [4.78, 5) is 21.5. The summed E-state index contributed by atoms with van der Waals surface area (Å²) in [6, 6.07) is 7.93. The van der Waals surface area contributed by atoms with Crippen LogP contribution in [-0.2, 0) is 6.42 Å². The van der Waals surface area contributed by atoms with Gasteiger partial charge in [-0.15, -0.1) is 0 Å². The molecule has 1 aliphatic heterocycles. The molecule has 0 amide bonds. The molecule has 1 saturated carbocycles. The lowest BCUT2D eigenvalue weighted by molar-refractivity contribution is -0.385. The van der Waals surface area contributed by atoms with Crippen molar-refractivity contribution in [1.29, 1.82) is 0 Å². The van der Waals surface area contributed by atoms with Crippen molar-refractivity contribution in [3.05, 3.63) is 46.3 Å². The number of fused-ring (bicyclic) bond motifs is 1. The summed E-state index contributed by atoms with van der Waals surface area (Å²) in [5.41, 5.74) is 2.00. The molecule has 7 nitrogen and oxygen atoms in total. The lowest BCUT2D eigenvalue weighted by Gasteiger charge is -2.23. The second-order valence-electron chi connectivity index (χ2n) is 6.52. The Balaban J connectivity index is 1.71. The molecule has 0 spiro atoms. The fourth-order valence-electron chi connectivity index (χ4n) is 3.70. The van der Waals surface area contributed by atoms with Crippen molar-refractivity contribution in [2.24, 2.45) is 0 Å². The Bertz CT molecular complexity index is 790. The molecule has 4 rings (SSSR count). The van der Waals surface area contributed by atoms with Gasteiger partial charge in [0, 0.05) is 12.2 Å². The van der Waals surface area contributed by atoms with Crippen LogP contribution < -0.4 is 9.64 Å². The highest BCUT2D eigenvalue weighted by Gasteiger charge is 2.33. The predicted octanol–water partition coefficient (Wildman–Crippen LogP) is 3.79. The number of hydrogen-bond donors (Lipinski definition) is 0. The number of anilines is 2. The normalized spacial score (nSPS) is 17.4. The Morgan fingerprint density at radius 2 is 1.96 bits per heavy atom. The molecule has 0 unspecified atom stereocenters. The van der Waals surface area contributed by atoms with E-state index in [1.54, 1.807) is 0 Å². The van der Waals surface area contributed by atoms with E-state index in [1.165, 1.54) is 18.3 Å². The average Bonchev–Trinajstić information content (AvgIpc) is 3.06. The summed E-state index contributed by atoms with van der Waals surface area (Å²) in [6.07, 6.45) is 7.43. The molecule has 130 valence electrons. The van der Waals surface area contributed by atoms with Gasteiger partial charge in [-0.3, -0.25) is 10.1 Å². The van der Waals surface area contributed by atoms with Crippen LogP contribution in [0.2, 0.25) is 0 Å². The van der Waals surface area contributed by atoms with Crippen LogP contribution in [0.25, 0.3) is 0 Å². The third kappa shape index (κ3) is 3.01. The molecule has 0 bridgehead atoms. The van der Waals surface area contributed by atoms with E-state index < -0.39 is 4.92 Å². The quantitative estimate of drug-likeness (QED) is 0.622. The van der Waals surface area contributed by atoms with E-state index in [1.807, 2.05) is 29.2 Å². The van der Waals surface area contributed by atoms with Crippen molar-refractivity contribution in [1.82, 2.24) is 9.97 Å². The number of para-hydroxylation sites is 1. The molecule has 2 aromatic rings. The van der Waals surface area contributed by atoms with Crippen LogP contribution in [0.5, 0.6) is 5.88 Å². The topological polar surface area (TPSA) is 81.4 Å². The van der Waals surface area contributed by atoms with Gasteiger partial charge < -0.3 is 9.64 Å². The van der Waals surface area contributed by atoms with Crippen LogP contribution in [0.4, 0.5) is 17.2 Å². The van der Waals surface area contributed by atoms with Gasteiger partial charge in [-0.1, -0.05) is 24.6 Å². The summed E-state index contributed by atoms with van der Waals surface area (Å²) < 4.78 is 5.92. The van der Waals surface area contributed by atoms with Crippen LogP contribution in [0, 0.1) is 10.1 Å². The van der Waals surface area contributed by atoms with Gasteiger partial charge in [-0.25, -0.2) is 4.98 Å². The fraction of sp³-hybridized carbons (Fsp3) is 0.444.